The summed E-state index contributed by atoms with van der Waals surface area (Å²) in [5.41, 5.74) is 2.80. The molecular formula is C29H32F6N4O5. The molecule has 44 heavy (non-hydrogen) atoms. The zero-order chi connectivity index (χ0) is 32.2. The SMILES string of the molecule is COc1ccc(CN2C[C@@H]3N(C(=O)OCc4cc(C(F)(F)F)cc(C(F)(F)F)c4)CCC(=O)N3[C@@H](CCCCN)C2=O)cc1. The predicted octanol–water partition coefficient (Wildman–Crippen LogP) is 4.77. The topological polar surface area (TPSA) is 105 Å². The standard InChI is InChI=1S/C29H32F6N4O5/c1-43-22-7-5-18(6-8-22)15-37-16-24-38(11-9-25(40)39(24)23(26(37)41)4-2-3-10-36)27(42)44-17-19-12-20(28(30,31)32)14-21(13-19)29(33,34)35/h5-8,12-14,23-24H,2-4,9-11,15-17,36H2,1H3/t23-,24+/m0/s1. The number of rotatable bonds is 9. The molecule has 0 spiro atoms. The van der Waals surface area contributed by atoms with E-state index in [4.69, 9.17) is 15.2 Å². The maximum absolute atomic E-state index is 13.6. The first kappa shape index (κ1) is 32.9. The van der Waals surface area contributed by atoms with Gasteiger partial charge in [-0.25, -0.2) is 4.79 Å². The van der Waals surface area contributed by atoms with Crippen molar-refractivity contribution in [1.82, 2.24) is 14.7 Å². The van der Waals surface area contributed by atoms with E-state index >= 15 is 0 Å². The van der Waals surface area contributed by atoms with Gasteiger partial charge in [0.15, 0.2) is 0 Å². The van der Waals surface area contributed by atoms with E-state index in [-0.39, 0.29) is 50.4 Å². The fourth-order valence-electron chi connectivity index (χ4n) is 5.38. The van der Waals surface area contributed by atoms with Gasteiger partial charge in [0.25, 0.3) is 0 Å². The van der Waals surface area contributed by atoms with E-state index in [0.717, 1.165) is 5.56 Å². The molecule has 2 aromatic carbocycles. The lowest BCUT2D eigenvalue weighted by atomic mass is 9.98. The van der Waals surface area contributed by atoms with Crippen molar-refractivity contribution in [3.05, 3.63) is 64.7 Å². The Morgan fingerprint density at radius 1 is 0.955 bits per heavy atom. The van der Waals surface area contributed by atoms with E-state index in [0.29, 0.717) is 37.3 Å². The summed E-state index contributed by atoms with van der Waals surface area (Å²) in [4.78, 5) is 44.0. The highest BCUT2D eigenvalue weighted by molar-refractivity contribution is 5.90. The number of unbranched alkanes of at least 4 members (excludes halogenated alkanes) is 1. The van der Waals surface area contributed by atoms with Gasteiger partial charge in [-0.2, -0.15) is 26.3 Å². The van der Waals surface area contributed by atoms with E-state index < -0.39 is 54.0 Å². The maximum atomic E-state index is 13.6. The largest absolute Gasteiger partial charge is 0.497 e. The third-order valence-electron chi connectivity index (χ3n) is 7.56. The van der Waals surface area contributed by atoms with Crippen molar-refractivity contribution in [1.29, 1.82) is 0 Å². The Balaban J connectivity index is 1.58. The lowest BCUT2D eigenvalue weighted by Gasteiger charge is -2.52. The van der Waals surface area contributed by atoms with Crippen molar-refractivity contribution in [2.75, 3.05) is 26.7 Å². The Kier molecular flexibility index (Phi) is 9.96. The summed E-state index contributed by atoms with van der Waals surface area (Å²) >= 11 is 0. The van der Waals surface area contributed by atoms with Crippen LogP contribution in [0.5, 0.6) is 5.75 Å². The predicted molar refractivity (Wildman–Crippen MR) is 144 cm³/mol. The van der Waals surface area contributed by atoms with Crippen LogP contribution in [-0.2, 0) is 39.8 Å². The number of amides is 3. The Labute approximate surface area is 249 Å². The van der Waals surface area contributed by atoms with Crippen LogP contribution in [0.2, 0.25) is 0 Å². The van der Waals surface area contributed by atoms with Gasteiger partial charge in [-0.15, -0.1) is 0 Å². The highest BCUT2D eigenvalue weighted by Gasteiger charge is 2.49. The molecule has 3 amide bonds. The number of piperazine rings is 1. The average molecular weight is 631 g/mol. The molecule has 4 rings (SSSR count). The molecule has 2 aromatic rings. The number of ether oxygens (including phenoxy) is 2. The summed E-state index contributed by atoms with van der Waals surface area (Å²) in [6.45, 7) is -0.548. The molecular weight excluding hydrogens is 598 g/mol. The highest BCUT2D eigenvalue weighted by atomic mass is 19.4. The van der Waals surface area contributed by atoms with Gasteiger partial charge < -0.3 is 25.0 Å². The summed E-state index contributed by atoms with van der Waals surface area (Å²) in [7, 11) is 1.51. The number of methoxy groups -OCH3 is 1. The van der Waals surface area contributed by atoms with Crippen LogP contribution in [0, 0.1) is 0 Å². The lowest BCUT2D eigenvalue weighted by Crippen LogP contribution is -2.71. The second kappa shape index (κ2) is 13.3. The summed E-state index contributed by atoms with van der Waals surface area (Å²) in [6, 6.07) is 7.03. The minimum absolute atomic E-state index is 0.0132. The van der Waals surface area contributed by atoms with Gasteiger partial charge in [0.2, 0.25) is 11.8 Å². The highest BCUT2D eigenvalue weighted by Crippen LogP contribution is 2.37. The van der Waals surface area contributed by atoms with Crippen molar-refractivity contribution in [2.45, 2.75) is 63.4 Å². The minimum Gasteiger partial charge on any atom is -0.497 e. The van der Waals surface area contributed by atoms with Crippen LogP contribution in [0.25, 0.3) is 0 Å². The lowest BCUT2D eigenvalue weighted by molar-refractivity contribution is -0.169. The first-order valence-electron chi connectivity index (χ1n) is 13.9. The van der Waals surface area contributed by atoms with E-state index in [1.807, 2.05) is 0 Å². The van der Waals surface area contributed by atoms with Crippen LogP contribution in [0.4, 0.5) is 31.1 Å². The van der Waals surface area contributed by atoms with Gasteiger partial charge in [-0.3, -0.25) is 14.5 Å². The number of halogens is 6. The van der Waals surface area contributed by atoms with Gasteiger partial charge in [0.05, 0.1) is 24.8 Å². The summed E-state index contributed by atoms with van der Waals surface area (Å²) in [5.74, 6) is -0.0669. The minimum atomic E-state index is -5.06. The smallest absolute Gasteiger partial charge is 0.416 e. The number of hydrogen-bond acceptors (Lipinski definition) is 6. The quantitative estimate of drug-likeness (QED) is 0.316. The third-order valence-corrected chi connectivity index (χ3v) is 7.56. The van der Waals surface area contributed by atoms with Crippen LogP contribution in [0.1, 0.15) is 47.9 Å². The van der Waals surface area contributed by atoms with E-state index in [1.54, 1.807) is 24.3 Å². The number of carbonyl (C=O) groups is 3. The van der Waals surface area contributed by atoms with Crippen molar-refractivity contribution >= 4 is 17.9 Å². The second-order valence-corrected chi connectivity index (χ2v) is 10.6. The monoisotopic (exact) mass is 630 g/mol. The number of alkyl halides is 6. The molecule has 0 aromatic heterocycles. The van der Waals surface area contributed by atoms with E-state index in [9.17, 15) is 40.7 Å². The Morgan fingerprint density at radius 3 is 2.16 bits per heavy atom. The van der Waals surface area contributed by atoms with Crippen LogP contribution in [0.15, 0.2) is 42.5 Å². The van der Waals surface area contributed by atoms with Crippen molar-refractivity contribution in [2.24, 2.45) is 5.73 Å². The summed E-state index contributed by atoms with van der Waals surface area (Å²) < 4.78 is 90.1. The zero-order valence-corrected chi connectivity index (χ0v) is 23.8. The maximum Gasteiger partial charge on any atom is 0.416 e. The van der Waals surface area contributed by atoms with Gasteiger partial charge in [-0.1, -0.05) is 12.1 Å². The number of carbonyl (C=O) groups excluding carboxylic acids is 3. The molecule has 0 aliphatic carbocycles. The van der Waals surface area contributed by atoms with Gasteiger partial charge >= 0.3 is 18.4 Å². The number of nitrogens with zero attached hydrogens (tertiary/aromatic N) is 3. The van der Waals surface area contributed by atoms with Crippen LogP contribution >= 0.6 is 0 Å². The molecule has 9 nitrogen and oxygen atoms in total. The molecule has 0 bridgehead atoms. The van der Waals surface area contributed by atoms with Crippen LogP contribution < -0.4 is 10.5 Å². The summed E-state index contributed by atoms with van der Waals surface area (Å²) in [6.07, 6.45) is -10.9. The fourth-order valence-corrected chi connectivity index (χ4v) is 5.38. The molecule has 240 valence electrons. The average Bonchev–Trinajstić information content (AvgIpc) is 2.97. The molecule has 0 radical (unpaired) electrons. The van der Waals surface area contributed by atoms with Gasteiger partial charge in [-0.05, 0) is 67.3 Å². The number of benzene rings is 2. The second-order valence-electron chi connectivity index (χ2n) is 10.6. The molecule has 15 heteroatoms. The molecule has 2 N–H and O–H groups in total. The molecule has 2 saturated heterocycles. The first-order chi connectivity index (χ1) is 20.7. The first-order valence-corrected chi connectivity index (χ1v) is 13.9. The normalized spacial score (nSPS) is 19.2. The molecule has 2 fully saturated rings. The molecule has 0 unspecified atom stereocenters. The van der Waals surface area contributed by atoms with E-state index in [1.165, 1.54) is 21.8 Å². The third kappa shape index (κ3) is 7.55. The summed E-state index contributed by atoms with van der Waals surface area (Å²) in [5, 5.41) is 0. The van der Waals surface area contributed by atoms with Crippen molar-refractivity contribution in [3.63, 3.8) is 0 Å². The van der Waals surface area contributed by atoms with Gasteiger partial charge in [0.1, 0.15) is 24.6 Å². The van der Waals surface area contributed by atoms with Crippen LogP contribution in [-0.4, -0.2) is 71.6 Å². The number of nitrogens with two attached hydrogens (primary N) is 1. The number of fused-ring (bicyclic) bond motifs is 1. The van der Waals surface area contributed by atoms with Crippen molar-refractivity contribution < 1.29 is 50.2 Å². The Morgan fingerprint density at radius 2 is 1.59 bits per heavy atom. The van der Waals surface area contributed by atoms with Crippen molar-refractivity contribution in [3.8, 4) is 5.75 Å². The van der Waals surface area contributed by atoms with Crippen LogP contribution in [0.3, 0.4) is 0 Å². The zero-order valence-electron chi connectivity index (χ0n) is 23.8. The molecule has 2 aliphatic heterocycles. The van der Waals surface area contributed by atoms with Gasteiger partial charge in [0, 0.05) is 19.5 Å². The fraction of sp³-hybridized carbons (Fsp3) is 0.483. The Hall–Kier alpha value is -4.01. The Bertz CT molecular complexity index is 1320. The molecule has 2 heterocycles. The number of hydrogen-bond donors (Lipinski definition) is 1. The molecule has 2 atom stereocenters. The molecule has 2 aliphatic rings. The molecule has 0 saturated carbocycles. The van der Waals surface area contributed by atoms with E-state index in [2.05, 4.69) is 0 Å².